The van der Waals surface area contributed by atoms with Crippen LogP contribution >= 0.6 is 28.4 Å². The third-order valence-corrected chi connectivity index (χ3v) is 4.81. The fourth-order valence-electron chi connectivity index (χ4n) is 2.00. The molecule has 0 aliphatic rings. The number of nitro groups is 1. The highest BCUT2D eigenvalue weighted by Crippen LogP contribution is 2.34. The Morgan fingerprint density at radius 2 is 2.25 bits per heavy atom. The van der Waals surface area contributed by atoms with Gasteiger partial charge >= 0.3 is 0 Å². The van der Waals surface area contributed by atoms with Gasteiger partial charge in [0.15, 0.2) is 0 Å². The van der Waals surface area contributed by atoms with Crippen molar-refractivity contribution in [3.05, 3.63) is 40.6 Å². The molecule has 2 heterocycles. The Labute approximate surface area is 127 Å². The molecule has 102 valence electrons. The molecule has 0 radical (unpaired) electrons. The van der Waals surface area contributed by atoms with Crippen LogP contribution in [0.3, 0.4) is 0 Å². The third kappa shape index (κ3) is 2.06. The molecule has 0 saturated carbocycles. The summed E-state index contributed by atoms with van der Waals surface area (Å²) in [6.07, 6.45) is 3.43. The molecule has 0 spiro atoms. The second-order valence-electron chi connectivity index (χ2n) is 4.04. The lowest BCUT2D eigenvalue weighted by molar-refractivity contribution is -0.383. The van der Waals surface area contributed by atoms with Crippen LogP contribution in [0.15, 0.2) is 24.7 Å². The molecule has 1 atom stereocenters. The van der Waals surface area contributed by atoms with E-state index in [4.69, 9.17) is 0 Å². The minimum Gasteiger partial charge on any atom is -0.286 e. The molecule has 0 amide bonds. The predicted octanol–water partition coefficient (Wildman–Crippen LogP) is 2.63. The van der Waals surface area contributed by atoms with E-state index in [0.29, 0.717) is 23.3 Å². The number of nitro benzene ring substituents is 1. The summed E-state index contributed by atoms with van der Waals surface area (Å²) in [6.45, 7) is 1.79. The number of non-ortho nitro benzene ring substituents is 1. The van der Waals surface area contributed by atoms with Crippen LogP contribution in [-0.4, -0.2) is 29.2 Å². The van der Waals surface area contributed by atoms with Gasteiger partial charge in [0.2, 0.25) is 0 Å². The summed E-state index contributed by atoms with van der Waals surface area (Å²) in [7, 11) is 0. The number of nitrogens with zero attached hydrogens (tertiary/aromatic N) is 6. The first-order chi connectivity index (χ1) is 9.61. The maximum Gasteiger partial charge on any atom is 0.282 e. The smallest absolute Gasteiger partial charge is 0.282 e. The van der Waals surface area contributed by atoms with Crippen molar-refractivity contribution in [2.45, 2.75) is 6.92 Å². The molecular formula is C10H8IN6O2P. The van der Waals surface area contributed by atoms with Crippen LogP contribution in [0.25, 0.3) is 16.6 Å². The number of aromatic nitrogens is 5. The lowest BCUT2D eigenvalue weighted by Crippen LogP contribution is -1.98. The lowest BCUT2D eigenvalue weighted by Gasteiger charge is -2.05. The van der Waals surface area contributed by atoms with Gasteiger partial charge in [0, 0.05) is 6.07 Å². The first-order valence-corrected chi connectivity index (χ1v) is 9.58. The summed E-state index contributed by atoms with van der Waals surface area (Å²) < 4.78 is 3.45. The Bertz CT molecular complexity index is 813. The van der Waals surface area contributed by atoms with Crippen LogP contribution in [0.4, 0.5) is 5.69 Å². The molecule has 10 heteroatoms. The Kier molecular flexibility index (Phi) is 3.38. The van der Waals surface area contributed by atoms with Gasteiger partial charge in [-0.15, -0.1) is 10.2 Å². The number of fused-ring (bicyclic) bond motifs is 1. The molecule has 3 rings (SSSR count). The standard InChI is InChI=1S/C10H8IN6O2P/c1-6-14-12-5-15(6)7-2-9-8(4-13-16(9)20-11)10(3-7)17(18)19/h2-5,20H,1H3. The van der Waals surface area contributed by atoms with Crippen molar-refractivity contribution >= 4 is 45.0 Å². The molecule has 2 aromatic heterocycles. The Balaban J connectivity index is 2.34. The van der Waals surface area contributed by atoms with Gasteiger partial charge in [0.25, 0.3) is 5.69 Å². The van der Waals surface area contributed by atoms with E-state index in [1.165, 1.54) is 18.6 Å². The van der Waals surface area contributed by atoms with Gasteiger partial charge in [-0.1, -0.05) is 0 Å². The SMILES string of the molecule is Cc1nncn1-c1cc([N+](=O)[O-])c2cnn(PI)c2c1. The molecule has 3 aromatic rings. The Morgan fingerprint density at radius 1 is 1.45 bits per heavy atom. The van der Waals surface area contributed by atoms with Crippen molar-refractivity contribution in [2.24, 2.45) is 0 Å². The second-order valence-corrected chi connectivity index (χ2v) is 6.08. The van der Waals surface area contributed by atoms with E-state index in [-0.39, 0.29) is 5.69 Å². The van der Waals surface area contributed by atoms with Gasteiger partial charge in [0.05, 0.1) is 34.1 Å². The minimum absolute atomic E-state index is 0.0338. The van der Waals surface area contributed by atoms with Crippen LogP contribution in [0.1, 0.15) is 5.82 Å². The third-order valence-electron chi connectivity index (χ3n) is 2.92. The van der Waals surface area contributed by atoms with Gasteiger partial charge in [0.1, 0.15) is 12.2 Å². The largest absolute Gasteiger partial charge is 0.286 e. The Hall–Kier alpha value is -1.61. The van der Waals surface area contributed by atoms with E-state index < -0.39 is 4.92 Å². The zero-order chi connectivity index (χ0) is 14.3. The number of hydrogen-bond donors (Lipinski definition) is 0. The molecule has 0 fully saturated rings. The molecule has 8 nitrogen and oxygen atoms in total. The van der Waals surface area contributed by atoms with Crippen molar-refractivity contribution < 1.29 is 4.92 Å². The quantitative estimate of drug-likeness (QED) is 0.291. The molecule has 1 aromatic carbocycles. The summed E-state index contributed by atoms with van der Waals surface area (Å²) in [4.78, 5) is 10.9. The molecule has 20 heavy (non-hydrogen) atoms. The van der Waals surface area contributed by atoms with E-state index in [1.54, 1.807) is 15.9 Å². The molecule has 0 aliphatic carbocycles. The lowest BCUT2D eigenvalue weighted by atomic mass is 10.2. The highest BCUT2D eigenvalue weighted by molar-refractivity contribution is 14.2. The highest BCUT2D eigenvalue weighted by Gasteiger charge is 2.18. The van der Waals surface area contributed by atoms with Crippen molar-refractivity contribution in [2.75, 3.05) is 0 Å². The first-order valence-electron chi connectivity index (χ1n) is 5.51. The van der Waals surface area contributed by atoms with Crippen LogP contribution < -0.4 is 0 Å². The van der Waals surface area contributed by atoms with Gasteiger partial charge in [-0.3, -0.25) is 14.7 Å². The van der Waals surface area contributed by atoms with E-state index in [9.17, 15) is 10.1 Å². The zero-order valence-corrected chi connectivity index (χ0v) is 13.3. The van der Waals surface area contributed by atoms with Crippen molar-refractivity contribution in [1.29, 1.82) is 0 Å². The normalized spacial score (nSPS) is 11.7. The fraction of sp³-hybridized carbons (Fsp3) is 0.100. The van der Waals surface area contributed by atoms with Gasteiger partial charge in [-0.2, -0.15) is 5.10 Å². The van der Waals surface area contributed by atoms with Crippen LogP contribution in [0.5, 0.6) is 0 Å². The monoisotopic (exact) mass is 402 g/mol. The van der Waals surface area contributed by atoms with Gasteiger partial charge in [-0.25, -0.2) is 4.45 Å². The molecule has 0 aliphatic heterocycles. The number of hydrogen-bond acceptors (Lipinski definition) is 5. The van der Waals surface area contributed by atoms with Gasteiger partial charge < -0.3 is 0 Å². The molecular weight excluding hydrogens is 394 g/mol. The maximum absolute atomic E-state index is 11.2. The van der Waals surface area contributed by atoms with Crippen LogP contribution in [0, 0.1) is 17.0 Å². The highest BCUT2D eigenvalue weighted by atomic mass is 127. The van der Waals surface area contributed by atoms with Crippen LogP contribution in [0.2, 0.25) is 0 Å². The average Bonchev–Trinajstić information content (AvgIpc) is 3.02. The van der Waals surface area contributed by atoms with Crippen molar-refractivity contribution in [3.63, 3.8) is 0 Å². The van der Waals surface area contributed by atoms with Crippen molar-refractivity contribution in [3.8, 4) is 5.69 Å². The van der Waals surface area contributed by atoms with E-state index in [2.05, 4.69) is 37.3 Å². The molecule has 0 saturated heterocycles. The number of halogens is 1. The van der Waals surface area contributed by atoms with E-state index >= 15 is 0 Å². The van der Waals surface area contributed by atoms with Gasteiger partial charge in [-0.05, 0) is 35.0 Å². The number of aryl methyl sites for hydroxylation is 1. The summed E-state index contributed by atoms with van der Waals surface area (Å²) >= 11 is 2.19. The van der Waals surface area contributed by atoms with Crippen molar-refractivity contribution in [1.82, 2.24) is 24.3 Å². The number of rotatable bonds is 3. The maximum atomic E-state index is 11.2. The molecule has 0 N–H and O–H groups in total. The predicted molar refractivity (Wildman–Crippen MR) is 83.8 cm³/mol. The topological polar surface area (TPSA) is 91.7 Å². The Morgan fingerprint density at radius 3 is 2.85 bits per heavy atom. The average molecular weight is 402 g/mol. The second kappa shape index (κ2) is 5.06. The number of benzene rings is 1. The van der Waals surface area contributed by atoms with Crippen LogP contribution in [-0.2, 0) is 0 Å². The summed E-state index contributed by atoms with van der Waals surface area (Å²) in [5, 5.41) is 23.7. The summed E-state index contributed by atoms with van der Waals surface area (Å²) in [6, 6.07) is 3.37. The van der Waals surface area contributed by atoms with E-state index in [1.807, 2.05) is 6.07 Å². The fourth-order valence-corrected chi connectivity index (χ4v) is 3.53. The molecule has 1 unspecified atom stereocenters. The molecule has 0 bridgehead atoms. The zero-order valence-electron chi connectivity index (χ0n) is 10.2. The van der Waals surface area contributed by atoms with E-state index in [0.717, 1.165) is 5.52 Å². The summed E-state index contributed by atoms with van der Waals surface area (Å²) in [5.41, 5.74) is 1.42. The summed E-state index contributed by atoms with van der Waals surface area (Å²) in [5.74, 6) is 0.668. The minimum atomic E-state index is -0.395. The first kappa shape index (κ1) is 13.4.